The van der Waals surface area contributed by atoms with E-state index in [2.05, 4.69) is 35.6 Å². The van der Waals surface area contributed by atoms with E-state index >= 15 is 0 Å². The molecule has 0 bridgehead atoms. The molecule has 1 aliphatic rings. The molecule has 0 atom stereocenters. The topological polar surface area (TPSA) is 49.4 Å². The Morgan fingerprint density at radius 3 is 2.61 bits per heavy atom. The SMILES string of the molecule is C/C=C/C=C/C(=O)NCc1ccccc1-c1ccc(CN2CCCC2=O)cc1. The quantitative estimate of drug-likeness (QED) is 0.583. The summed E-state index contributed by atoms with van der Waals surface area (Å²) in [5.74, 6) is 0.132. The van der Waals surface area contributed by atoms with E-state index in [1.807, 2.05) is 42.2 Å². The fourth-order valence-electron chi connectivity index (χ4n) is 3.33. The number of nitrogens with one attached hydrogen (secondary N) is 1. The molecule has 0 unspecified atom stereocenters. The van der Waals surface area contributed by atoms with Crippen LogP contribution in [0.15, 0.2) is 72.8 Å². The lowest BCUT2D eigenvalue weighted by Crippen LogP contribution is -2.23. The third-order valence-corrected chi connectivity index (χ3v) is 4.83. The Labute approximate surface area is 166 Å². The summed E-state index contributed by atoms with van der Waals surface area (Å²) in [5.41, 5.74) is 4.41. The van der Waals surface area contributed by atoms with Crippen LogP contribution in [0.3, 0.4) is 0 Å². The van der Waals surface area contributed by atoms with Crippen LogP contribution in [0.25, 0.3) is 11.1 Å². The molecule has 1 fully saturated rings. The first-order valence-electron chi connectivity index (χ1n) is 9.69. The maximum atomic E-state index is 11.9. The smallest absolute Gasteiger partial charge is 0.244 e. The Morgan fingerprint density at radius 2 is 1.89 bits per heavy atom. The molecule has 1 heterocycles. The molecular formula is C24H26N2O2. The summed E-state index contributed by atoms with van der Waals surface area (Å²) in [4.78, 5) is 25.6. The zero-order chi connectivity index (χ0) is 19.8. The van der Waals surface area contributed by atoms with Crippen molar-refractivity contribution in [3.8, 4) is 11.1 Å². The van der Waals surface area contributed by atoms with Crippen molar-refractivity contribution >= 4 is 11.8 Å². The molecule has 1 saturated heterocycles. The van der Waals surface area contributed by atoms with E-state index < -0.39 is 0 Å². The van der Waals surface area contributed by atoms with Crippen molar-refractivity contribution in [1.29, 1.82) is 0 Å². The average molecular weight is 374 g/mol. The molecule has 2 aromatic carbocycles. The number of amides is 2. The summed E-state index contributed by atoms with van der Waals surface area (Å²) in [6, 6.07) is 16.4. The summed E-state index contributed by atoms with van der Waals surface area (Å²) in [6.45, 7) is 3.91. The minimum atomic E-state index is -0.112. The number of nitrogens with zero attached hydrogens (tertiary/aromatic N) is 1. The largest absolute Gasteiger partial charge is 0.348 e. The lowest BCUT2D eigenvalue weighted by Gasteiger charge is -2.16. The molecule has 0 aliphatic carbocycles. The van der Waals surface area contributed by atoms with Crippen molar-refractivity contribution in [1.82, 2.24) is 10.2 Å². The molecule has 0 spiro atoms. The van der Waals surface area contributed by atoms with Gasteiger partial charge in [-0.1, -0.05) is 66.8 Å². The van der Waals surface area contributed by atoms with Crippen LogP contribution in [-0.4, -0.2) is 23.3 Å². The number of hydrogen-bond acceptors (Lipinski definition) is 2. The van der Waals surface area contributed by atoms with Crippen LogP contribution < -0.4 is 5.32 Å². The molecule has 144 valence electrons. The number of carbonyl (C=O) groups is 2. The van der Waals surface area contributed by atoms with Crippen molar-refractivity contribution in [2.24, 2.45) is 0 Å². The molecule has 2 aromatic rings. The number of carbonyl (C=O) groups excluding carboxylic acids is 2. The van der Waals surface area contributed by atoms with Gasteiger partial charge in [0.05, 0.1) is 0 Å². The molecule has 4 heteroatoms. The zero-order valence-corrected chi connectivity index (χ0v) is 16.2. The second-order valence-corrected chi connectivity index (χ2v) is 6.88. The van der Waals surface area contributed by atoms with Gasteiger partial charge in [-0.2, -0.15) is 0 Å². The standard InChI is InChI=1S/C24H26N2O2/c1-2-3-4-10-23(27)25-17-21-8-5-6-9-22(21)20-14-12-19(13-15-20)18-26-16-7-11-24(26)28/h2-6,8-10,12-15H,7,11,16-18H2,1H3,(H,25,27)/b3-2+,10-4+. The van der Waals surface area contributed by atoms with E-state index in [1.54, 1.807) is 6.08 Å². The van der Waals surface area contributed by atoms with Gasteiger partial charge in [0, 0.05) is 32.1 Å². The number of rotatable bonds is 7. The summed E-state index contributed by atoms with van der Waals surface area (Å²) in [5, 5.41) is 2.93. The first kappa shape index (κ1) is 19.6. The van der Waals surface area contributed by atoms with Crippen LogP contribution in [0.4, 0.5) is 0 Å². The average Bonchev–Trinajstić information content (AvgIpc) is 3.12. The molecule has 0 radical (unpaired) electrons. The summed E-state index contributed by atoms with van der Waals surface area (Å²) < 4.78 is 0. The summed E-state index contributed by atoms with van der Waals surface area (Å²) in [6.07, 6.45) is 8.58. The van der Waals surface area contributed by atoms with Crippen LogP contribution in [0.5, 0.6) is 0 Å². The van der Waals surface area contributed by atoms with Gasteiger partial charge >= 0.3 is 0 Å². The van der Waals surface area contributed by atoms with Gasteiger partial charge in [-0.15, -0.1) is 0 Å². The first-order valence-corrected chi connectivity index (χ1v) is 9.69. The molecular weight excluding hydrogens is 348 g/mol. The molecule has 28 heavy (non-hydrogen) atoms. The van der Waals surface area contributed by atoms with Gasteiger partial charge in [0.2, 0.25) is 11.8 Å². The number of hydrogen-bond donors (Lipinski definition) is 1. The maximum absolute atomic E-state index is 11.9. The van der Waals surface area contributed by atoms with Crippen molar-refractivity contribution in [2.45, 2.75) is 32.9 Å². The monoisotopic (exact) mass is 374 g/mol. The predicted molar refractivity (Wildman–Crippen MR) is 112 cm³/mol. The Balaban J connectivity index is 1.68. The van der Waals surface area contributed by atoms with Crippen molar-refractivity contribution in [3.05, 3.63) is 84.0 Å². The van der Waals surface area contributed by atoms with E-state index in [-0.39, 0.29) is 11.8 Å². The van der Waals surface area contributed by atoms with Gasteiger partial charge in [-0.3, -0.25) is 9.59 Å². The highest BCUT2D eigenvalue weighted by molar-refractivity contribution is 5.87. The second-order valence-electron chi connectivity index (χ2n) is 6.88. The van der Waals surface area contributed by atoms with Gasteiger partial charge in [0.1, 0.15) is 0 Å². The van der Waals surface area contributed by atoms with Crippen LogP contribution in [-0.2, 0) is 22.7 Å². The normalized spacial score (nSPS) is 14.3. The number of likely N-dealkylation sites (tertiary alicyclic amines) is 1. The molecule has 0 aromatic heterocycles. The van der Waals surface area contributed by atoms with Crippen LogP contribution >= 0.6 is 0 Å². The van der Waals surface area contributed by atoms with Gasteiger partial charge in [-0.25, -0.2) is 0 Å². The Kier molecular flexibility index (Phi) is 6.79. The Bertz CT molecular complexity index is 882. The molecule has 1 aliphatic heterocycles. The van der Waals surface area contributed by atoms with E-state index in [9.17, 15) is 9.59 Å². The predicted octanol–water partition coefficient (Wildman–Crippen LogP) is 4.22. The van der Waals surface area contributed by atoms with E-state index in [4.69, 9.17) is 0 Å². The molecule has 0 saturated carbocycles. The fourth-order valence-corrected chi connectivity index (χ4v) is 3.33. The molecule has 1 N–H and O–H groups in total. The second kappa shape index (κ2) is 9.70. The van der Waals surface area contributed by atoms with Gasteiger partial charge in [0.15, 0.2) is 0 Å². The Hall–Kier alpha value is -3.14. The third kappa shape index (κ3) is 5.19. The van der Waals surface area contributed by atoms with Crippen LogP contribution in [0, 0.1) is 0 Å². The van der Waals surface area contributed by atoms with Crippen molar-refractivity contribution < 1.29 is 9.59 Å². The van der Waals surface area contributed by atoms with Gasteiger partial charge < -0.3 is 10.2 Å². The fraction of sp³-hybridized carbons (Fsp3) is 0.250. The highest BCUT2D eigenvalue weighted by Gasteiger charge is 2.19. The molecule has 4 nitrogen and oxygen atoms in total. The summed E-state index contributed by atoms with van der Waals surface area (Å²) >= 11 is 0. The summed E-state index contributed by atoms with van der Waals surface area (Å²) in [7, 11) is 0. The zero-order valence-electron chi connectivity index (χ0n) is 16.2. The minimum Gasteiger partial charge on any atom is -0.348 e. The third-order valence-electron chi connectivity index (χ3n) is 4.83. The van der Waals surface area contributed by atoms with Crippen LogP contribution in [0.2, 0.25) is 0 Å². The first-order chi connectivity index (χ1) is 13.7. The Morgan fingerprint density at radius 1 is 1.11 bits per heavy atom. The molecule has 2 amide bonds. The van der Waals surface area contributed by atoms with Crippen molar-refractivity contribution in [3.63, 3.8) is 0 Å². The maximum Gasteiger partial charge on any atom is 0.244 e. The van der Waals surface area contributed by atoms with Crippen molar-refractivity contribution in [2.75, 3.05) is 6.54 Å². The lowest BCUT2D eigenvalue weighted by molar-refractivity contribution is -0.128. The number of benzene rings is 2. The highest BCUT2D eigenvalue weighted by Crippen LogP contribution is 2.25. The van der Waals surface area contributed by atoms with Crippen LogP contribution in [0.1, 0.15) is 30.9 Å². The minimum absolute atomic E-state index is 0.112. The molecule has 3 rings (SSSR count). The van der Waals surface area contributed by atoms with E-state index in [0.717, 1.165) is 35.2 Å². The highest BCUT2D eigenvalue weighted by atomic mass is 16.2. The number of allylic oxidation sites excluding steroid dienone is 3. The van der Waals surface area contributed by atoms with E-state index in [1.165, 1.54) is 6.08 Å². The van der Waals surface area contributed by atoms with Gasteiger partial charge in [-0.05, 0) is 35.6 Å². The van der Waals surface area contributed by atoms with E-state index in [0.29, 0.717) is 19.5 Å². The lowest BCUT2D eigenvalue weighted by atomic mass is 9.98. The van der Waals surface area contributed by atoms with Gasteiger partial charge in [0.25, 0.3) is 0 Å².